The monoisotopic (exact) mass is 327 g/mol. The molecule has 1 saturated heterocycles. The van der Waals surface area contributed by atoms with Gasteiger partial charge in [0.1, 0.15) is 30.2 Å². The van der Waals surface area contributed by atoms with Gasteiger partial charge in [-0.3, -0.25) is 4.57 Å². The fourth-order valence-corrected chi connectivity index (χ4v) is 2.62. The first kappa shape index (κ1) is 15.4. The van der Waals surface area contributed by atoms with Crippen LogP contribution in [0.5, 0.6) is 0 Å². The summed E-state index contributed by atoms with van der Waals surface area (Å²) in [4.78, 5) is 12.2. The minimum atomic E-state index is -0.966. The standard InChI is InChI=1S/C12H17N5O4S/c13-10-7-11(15-4-14-10)17(5-16-7)12-9(20-1-2-22)8(19)6(3-18)21-12/h4-6,8-9,12,18-19,22H,1-3H2,(H2,13,14,15)/t6-,8?,9?,12?/m1/s1. The van der Waals surface area contributed by atoms with Crippen LogP contribution in [0.2, 0.25) is 0 Å². The predicted octanol–water partition coefficient (Wildman–Crippen LogP) is -1.03. The van der Waals surface area contributed by atoms with Gasteiger partial charge in [-0.25, -0.2) is 15.0 Å². The number of anilines is 1. The molecule has 0 aliphatic carbocycles. The summed E-state index contributed by atoms with van der Waals surface area (Å²) in [5, 5.41) is 19.6. The lowest BCUT2D eigenvalue weighted by Crippen LogP contribution is -2.35. The topological polar surface area (TPSA) is 129 Å². The Kier molecular flexibility index (Phi) is 4.45. The number of rotatable bonds is 5. The number of nitrogens with two attached hydrogens (primary N) is 1. The second-order valence-corrected chi connectivity index (χ2v) is 5.33. The normalized spacial score (nSPS) is 28.5. The lowest BCUT2D eigenvalue weighted by molar-refractivity contribution is -0.0670. The van der Waals surface area contributed by atoms with Crippen molar-refractivity contribution in [2.45, 2.75) is 24.5 Å². The Morgan fingerprint density at radius 2 is 2.23 bits per heavy atom. The van der Waals surface area contributed by atoms with Crippen molar-refractivity contribution in [3.8, 4) is 0 Å². The maximum atomic E-state index is 10.2. The van der Waals surface area contributed by atoms with Gasteiger partial charge in [0.2, 0.25) is 0 Å². The van der Waals surface area contributed by atoms with Gasteiger partial charge in [-0.1, -0.05) is 0 Å². The van der Waals surface area contributed by atoms with Crippen molar-refractivity contribution in [1.29, 1.82) is 0 Å². The molecule has 1 aliphatic heterocycles. The van der Waals surface area contributed by atoms with Crippen molar-refractivity contribution < 1.29 is 19.7 Å². The van der Waals surface area contributed by atoms with E-state index >= 15 is 0 Å². The van der Waals surface area contributed by atoms with E-state index in [2.05, 4.69) is 27.6 Å². The van der Waals surface area contributed by atoms with Crippen LogP contribution in [0.15, 0.2) is 12.7 Å². The van der Waals surface area contributed by atoms with Gasteiger partial charge in [0, 0.05) is 5.75 Å². The molecule has 10 heteroatoms. The van der Waals surface area contributed by atoms with Crippen LogP contribution in [0.1, 0.15) is 6.23 Å². The van der Waals surface area contributed by atoms with Crippen molar-refractivity contribution in [2.24, 2.45) is 0 Å². The van der Waals surface area contributed by atoms with Gasteiger partial charge in [-0.2, -0.15) is 12.6 Å². The molecule has 2 aromatic rings. The first-order chi connectivity index (χ1) is 10.7. The SMILES string of the molecule is Nc1ncnc2c1ncn2C1O[C@H](CO)C(O)C1OCCS. The molecule has 22 heavy (non-hydrogen) atoms. The number of imidazole rings is 1. The van der Waals surface area contributed by atoms with Crippen molar-refractivity contribution >= 4 is 29.6 Å². The highest BCUT2D eigenvalue weighted by molar-refractivity contribution is 7.80. The van der Waals surface area contributed by atoms with Gasteiger partial charge >= 0.3 is 0 Å². The van der Waals surface area contributed by atoms with Gasteiger partial charge < -0.3 is 25.4 Å². The molecule has 0 amide bonds. The molecule has 0 radical (unpaired) electrons. The number of nitrogen functional groups attached to an aromatic ring is 1. The van der Waals surface area contributed by atoms with Crippen LogP contribution in [0.25, 0.3) is 11.2 Å². The Balaban J connectivity index is 1.97. The van der Waals surface area contributed by atoms with Crippen LogP contribution >= 0.6 is 12.6 Å². The third kappa shape index (κ3) is 2.52. The van der Waals surface area contributed by atoms with E-state index in [1.807, 2.05) is 0 Å². The summed E-state index contributed by atoms with van der Waals surface area (Å²) < 4.78 is 12.9. The molecule has 2 aromatic heterocycles. The van der Waals surface area contributed by atoms with E-state index < -0.39 is 24.5 Å². The third-order valence-corrected chi connectivity index (χ3v) is 3.74. The Morgan fingerprint density at radius 1 is 1.41 bits per heavy atom. The van der Waals surface area contributed by atoms with Gasteiger partial charge in [-0.15, -0.1) is 0 Å². The number of hydrogen-bond donors (Lipinski definition) is 4. The molecular weight excluding hydrogens is 310 g/mol. The largest absolute Gasteiger partial charge is 0.394 e. The summed E-state index contributed by atoms with van der Waals surface area (Å²) in [5.74, 6) is 0.758. The van der Waals surface area contributed by atoms with E-state index in [9.17, 15) is 10.2 Å². The molecular formula is C12H17N5O4S. The molecule has 3 unspecified atom stereocenters. The van der Waals surface area contributed by atoms with Gasteiger partial charge in [0.15, 0.2) is 17.7 Å². The second kappa shape index (κ2) is 6.34. The van der Waals surface area contributed by atoms with Crippen molar-refractivity contribution in [3.05, 3.63) is 12.7 Å². The molecule has 9 nitrogen and oxygen atoms in total. The summed E-state index contributed by atoms with van der Waals surface area (Å²) >= 11 is 4.09. The highest BCUT2D eigenvalue weighted by Gasteiger charge is 2.45. The lowest BCUT2D eigenvalue weighted by atomic mass is 10.1. The van der Waals surface area contributed by atoms with E-state index in [1.165, 1.54) is 12.7 Å². The van der Waals surface area contributed by atoms with Crippen LogP contribution in [-0.2, 0) is 9.47 Å². The van der Waals surface area contributed by atoms with Crippen LogP contribution in [0, 0.1) is 0 Å². The Labute approximate surface area is 131 Å². The zero-order valence-corrected chi connectivity index (χ0v) is 12.5. The average Bonchev–Trinajstić information content (AvgIpc) is 3.07. The zero-order chi connectivity index (χ0) is 15.7. The molecule has 1 aliphatic rings. The number of fused-ring (bicyclic) bond motifs is 1. The summed E-state index contributed by atoms with van der Waals surface area (Å²) in [6.45, 7) is 0.0226. The Hall–Kier alpha value is -1.46. The number of aromatic nitrogens is 4. The first-order valence-electron chi connectivity index (χ1n) is 6.77. The number of nitrogens with zero attached hydrogens (tertiary/aromatic N) is 4. The average molecular weight is 327 g/mol. The molecule has 1 fully saturated rings. The first-order valence-corrected chi connectivity index (χ1v) is 7.40. The van der Waals surface area contributed by atoms with E-state index in [0.717, 1.165) is 0 Å². The quantitative estimate of drug-likeness (QED) is 0.513. The highest BCUT2D eigenvalue weighted by Crippen LogP contribution is 2.33. The van der Waals surface area contributed by atoms with E-state index in [0.29, 0.717) is 23.5 Å². The number of aliphatic hydroxyl groups excluding tert-OH is 2. The molecule has 0 bridgehead atoms. The maximum absolute atomic E-state index is 10.2. The molecule has 0 aromatic carbocycles. The van der Waals surface area contributed by atoms with Crippen molar-refractivity contribution in [1.82, 2.24) is 19.5 Å². The van der Waals surface area contributed by atoms with Crippen LogP contribution in [-0.4, -0.2) is 67.0 Å². The zero-order valence-electron chi connectivity index (χ0n) is 11.6. The highest BCUT2D eigenvalue weighted by atomic mass is 32.1. The fraction of sp³-hybridized carbons (Fsp3) is 0.583. The van der Waals surface area contributed by atoms with E-state index in [4.69, 9.17) is 15.2 Å². The van der Waals surface area contributed by atoms with Gasteiger partial charge in [-0.05, 0) is 0 Å². The molecule has 3 heterocycles. The summed E-state index contributed by atoms with van der Waals surface area (Å²) in [6.07, 6.45) is -0.222. The molecule has 4 atom stereocenters. The second-order valence-electron chi connectivity index (χ2n) is 4.88. The van der Waals surface area contributed by atoms with Crippen LogP contribution in [0.4, 0.5) is 5.82 Å². The van der Waals surface area contributed by atoms with Crippen LogP contribution < -0.4 is 5.73 Å². The third-order valence-electron chi connectivity index (χ3n) is 3.56. The van der Waals surface area contributed by atoms with E-state index in [-0.39, 0.29) is 12.4 Å². The summed E-state index contributed by atoms with van der Waals surface area (Å²) in [5.41, 5.74) is 6.69. The molecule has 0 spiro atoms. The fourth-order valence-electron chi connectivity index (χ4n) is 2.52. The van der Waals surface area contributed by atoms with Crippen molar-refractivity contribution in [2.75, 3.05) is 24.7 Å². The number of hydrogen-bond acceptors (Lipinski definition) is 9. The number of aliphatic hydroxyl groups is 2. The smallest absolute Gasteiger partial charge is 0.167 e. The Bertz CT molecular complexity index is 653. The summed E-state index contributed by atoms with van der Waals surface area (Å²) in [7, 11) is 0. The number of ether oxygens (including phenoxy) is 2. The summed E-state index contributed by atoms with van der Waals surface area (Å²) in [6, 6.07) is 0. The maximum Gasteiger partial charge on any atom is 0.167 e. The lowest BCUT2D eigenvalue weighted by Gasteiger charge is -2.21. The van der Waals surface area contributed by atoms with E-state index in [1.54, 1.807) is 4.57 Å². The van der Waals surface area contributed by atoms with Gasteiger partial charge in [0.25, 0.3) is 0 Å². The minimum Gasteiger partial charge on any atom is -0.394 e. The molecule has 4 N–H and O–H groups in total. The van der Waals surface area contributed by atoms with Crippen LogP contribution in [0.3, 0.4) is 0 Å². The van der Waals surface area contributed by atoms with Crippen molar-refractivity contribution in [3.63, 3.8) is 0 Å². The number of thiol groups is 1. The molecule has 3 rings (SSSR count). The predicted molar refractivity (Wildman–Crippen MR) is 80.3 cm³/mol. The van der Waals surface area contributed by atoms with Gasteiger partial charge in [0.05, 0.1) is 19.5 Å². The molecule has 0 saturated carbocycles. The Morgan fingerprint density at radius 3 is 2.95 bits per heavy atom. The minimum absolute atomic E-state index is 0.258. The molecule has 120 valence electrons.